The lowest BCUT2D eigenvalue weighted by molar-refractivity contribution is 0.171. The molecule has 6 heteroatoms. The maximum Gasteiger partial charge on any atom is 0.162 e. The Morgan fingerprint density at radius 2 is 1.65 bits per heavy atom. The minimum Gasteiger partial charge on any atom is -0.486 e. The number of para-hydroxylation sites is 1. The Labute approximate surface area is 200 Å². The van der Waals surface area contributed by atoms with Gasteiger partial charge in [0, 0.05) is 42.3 Å². The monoisotopic (exact) mass is 452 g/mol. The van der Waals surface area contributed by atoms with Crippen LogP contribution in [0.1, 0.15) is 19.4 Å². The van der Waals surface area contributed by atoms with Crippen LogP contribution in [0.15, 0.2) is 84.0 Å². The number of aliphatic imine (C=N–C) groups is 1. The molecule has 3 aromatic carbocycles. The number of ether oxygens (including phenoxy) is 2. The second kappa shape index (κ2) is 9.83. The smallest absolute Gasteiger partial charge is 0.162 e. The molecule has 0 N–H and O–H groups in total. The summed E-state index contributed by atoms with van der Waals surface area (Å²) >= 11 is 0. The molecule has 0 amide bonds. The van der Waals surface area contributed by atoms with Crippen LogP contribution in [-0.2, 0) is 0 Å². The number of anilines is 1. The molecule has 6 nitrogen and oxygen atoms in total. The van der Waals surface area contributed by atoms with Crippen LogP contribution >= 0.6 is 0 Å². The minimum atomic E-state index is 0.548. The Bertz CT molecular complexity index is 1280. The van der Waals surface area contributed by atoms with Gasteiger partial charge in [-0.25, -0.2) is 4.68 Å². The average Bonchev–Trinajstić information content (AvgIpc) is 3.33. The molecule has 172 valence electrons. The van der Waals surface area contributed by atoms with E-state index in [1.807, 2.05) is 65.6 Å². The molecule has 0 radical (unpaired) electrons. The largest absolute Gasteiger partial charge is 0.486 e. The SMILES string of the molecule is CCN(CC)c1ccc(N=Cc2cn(-c3ccccc3)nc2-c2ccc3c(c2)OCCO3)cc1. The highest BCUT2D eigenvalue weighted by Crippen LogP contribution is 2.35. The lowest BCUT2D eigenvalue weighted by atomic mass is 10.1. The van der Waals surface area contributed by atoms with E-state index in [2.05, 4.69) is 43.0 Å². The molecule has 0 unspecified atom stereocenters. The van der Waals surface area contributed by atoms with Gasteiger partial charge in [0.25, 0.3) is 0 Å². The number of nitrogens with zero attached hydrogens (tertiary/aromatic N) is 4. The standard InChI is InChI=1S/C28H28N4O2/c1-3-31(4-2)24-13-11-23(12-14-24)29-19-22-20-32(25-8-6-5-7-9-25)30-28(22)21-10-15-26-27(18-21)34-17-16-33-26/h5-15,18-20H,3-4,16-17H2,1-2H3. The molecule has 1 aliphatic rings. The minimum absolute atomic E-state index is 0.548. The fourth-order valence-electron chi connectivity index (χ4n) is 4.09. The second-order valence-electron chi connectivity index (χ2n) is 8.02. The van der Waals surface area contributed by atoms with Gasteiger partial charge >= 0.3 is 0 Å². The fraction of sp³-hybridized carbons (Fsp3) is 0.214. The van der Waals surface area contributed by atoms with E-state index in [1.165, 1.54) is 5.69 Å². The van der Waals surface area contributed by atoms with Crippen molar-refractivity contribution in [1.82, 2.24) is 9.78 Å². The molecule has 1 aromatic heterocycles. The molecule has 0 bridgehead atoms. The van der Waals surface area contributed by atoms with Gasteiger partial charge < -0.3 is 14.4 Å². The molecule has 4 aromatic rings. The Morgan fingerprint density at radius 3 is 2.38 bits per heavy atom. The molecule has 0 fully saturated rings. The molecule has 34 heavy (non-hydrogen) atoms. The van der Waals surface area contributed by atoms with Crippen LogP contribution < -0.4 is 14.4 Å². The zero-order valence-electron chi connectivity index (χ0n) is 19.5. The van der Waals surface area contributed by atoms with E-state index >= 15 is 0 Å². The summed E-state index contributed by atoms with van der Waals surface area (Å²) in [5, 5.41) is 4.89. The lowest BCUT2D eigenvalue weighted by Crippen LogP contribution is -2.21. The third-order valence-corrected chi connectivity index (χ3v) is 5.91. The van der Waals surface area contributed by atoms with Gasteiger partial charge in [-0.3, -0.25) is 4.99 Å². The molecule has 0 atom stereocenters. The quantitative estimate of drug-likeness (QED) is 0.327. The summed E-state index contributed by atoms with van der Waals surface area (Å²) in [6, 6.07) is 24.4. The zero-order chi connectivity index (χ0) is 23.3. The van der Waals surface area contributed by atoms with Crippen molar-refractivity contribution < 1.29 is 9.47 Å². The van der Waals surface area contributed by atoms with Gasteiger partial charge in [0.05, 0.1) is 11.4 Å². The molecule has 5 rings (SSSR count). The van der Waals surface area contributed by atoms with E-state index < -0.39 is 0 Å². The van der Waals surface area contributed by atoms with Crippen molar-refractivity contribution in [2.75, 3.05) is 31.2 Å². The van der Waals surface area contributed by atoms with Crippen LogP contribution in [0.25, 0.3) is 16.9 Å². The number of hydrogen-bond donors (Lipinski definition) is 0. The molecular formula is C28H28N4O2. The molecule has 0 saturated carbocycles. The van der Waals surface area contributed by atoms with E-state index in [0.717, 1.165) is 52.8 Å². The van der Waals surface area contributed by atoms with Gasteiger partial charge in [0.15, 0.2) is 11.5 Å². The van der Waals surface area contributed by atoms with E-state index in [0.29, 0.717) is 13.2 Å². The Kier molecular flexibility index (Phi) is 6.29. The fourth-order valence-corrected chi connectivity index (χ4v) is 4.09. The van der Waals surface area contributed by atoms with Gasteiger partial charge in [-0.2, -0.15) is 5.10 Å². The second-order valence-corrected chi connectivity index (χ2v) is 8.02. The van der Waals surface area contributed by atoms with Crippen molar-refractivity contribution in [2.45, 2.75) is 13.8 Å². The Hall–Kier alpha value is -4.06. The summed E-state index contributed by atoms with van der Waals surface area (Å²) in [4.78, 5) is 7.07. The van der Waals surface area contributed by atoms with Crippen LogP contribution in [0.4, 0.5) is 11.4 Å². The van der Waals surface area contributed by atoms with Crippen LogP contribution in [0, 0.1) is 0 Å². The summed E-state index contributed by atoms with van der Waals surface area (Å²) in [5.74, 6) is 1.51. The number of fused-ring (bicyclic) bond motifs is 1. The molecule has 0 aliphatic carbocycles. The third-order valence-electron chi connectivity index (χ3n) is 5.91. The van der Waals surface area contributed by atoms with Crippen LogP contribution in [-0.4, -0.2) is 42.3 Å². The predicted octanol–water partition coefficient (Wildman–Crippen LogP) is 5.91. The predicted molar refractivity (Wildman–Crippen MR) is 137 cm³/mol. The van der Waals surface area contributed by atoms with Crippen molar-refractivity contribution in [3.05, 3.63) is 84.6 Å². The van der Waals surface area contributed by atoms with Gasteiger partial charge in [0.1, 0.15) is 18.9 Å². The number of rotatable bonds is 7. The van der Waals surface area contributed by atoms with Gasteiger partial charge in [-0.1, -0.05) is 18.2 Å². The number of hydrogen-bond acceptors (Lipinski definition) is 5. The Balaban J connectivity index is 1.50. The summed E-state index contributed by atoms with van der Waals surface area (Å²) in [5.41, 5.74) is 5.81. The zero-order valence-corrected chi connectivity index (χ0v) is 19.5. The van der Waals surface area contributed by atoms with Crippen molar-refractivity contribution >= 4 is 17.6 Å². The van der Waals surface area contributed by atoms with Crippen molar-refractivity contribution in [3.8, 4) is 28.4 Å². The summed E-state index contributed by atoms with van der Waals surface area (Å²) in [6.45, 7) is 7.42. The number of aromatic nitrogens is 2. The molecule has 2 heterocycles. The van der Waals surface area contributed by atoms with Crippen LogP contribution in [0.2, 0.25) is 0 Å². The van der Waals surface area contributed by atoms with Crippen molar-refractivity contribution in [2.24, 2.45) is 4.99 Å². The van der Waals surface area contributed by atoms with Gasteiger partial charge in [-0.15, -0.1) is 0 Å². The normalized spacial score (nSPS) is 12.8. The average molecular weight is 453 g/mol. The molecular weight excluding hydrogens is 424 g/mol. The first kappa shape index (κ1) is 21.8. The summed E-state index contributed by atoms with van der Waals surface area (Å²) in [7, 11) is 0. The van der Waals surface area contributed by atoms with E-state index in [1.54, 1.807) is 0 Å². The van der Waals surface area contributed by atoms with E-state index in [4.69, 9.17) is 19.6 Å². The van der Waals surface area contributed by atoms with Crippen molar-refractivity contribution in [1.29, 1.82) is 0 Å². The summed E-state index contributed by atoms with van der Waals surface area (Å²) < 4.78 is 13.4. The third kappa shape index (κ3) is 4.53. The first-order valence-corrected chi connectivity index (χ1v) is 11.7. The highest BCUT2D eigenvalue weighted by atomic mass is 16.6. The number of benzene rings is 3. The molecule has 0 saturated heterocycles. The van der Waals surface area contributed by atoms with Crippen LogP contribution in [0.3, 0.4) is 0 Å². The highest BCUT2D eigenvalue weighted by molar-refractivity contribution is 5.90. The summed E-state index contributed by atoms with van der Waals surface area (Å²) in [6.07, 6.45) is 3.89. The van der Waals surface area contributed by atoms with Gasteiger partial charge in [0.2, 0.25) is 0 Å². The first-order chi connectivity index (χ1) is 16.7. The molecule has 1 aliphatic heterocycles. The maximum atomic E-state index is 5.80. The van der Waals surface area contributed by atoms with Crippen molar-refractivity contribution in [3.63, 3.8) is 0 Å². The topological polar surface area (TPSA) is 51.9 Å². The van der Waals surface area contributed by atoms with Gasteiger partial charge in [-0.05, 0) is 68.4 Å². The molecule has 0 spiro atoms. The highest BCUT2D eigenvalue weighted by Gasteiger charge is 2.16. The lowest BCUT2D eigenvalue weighted by Gasteiger charge is -2.20. The maximum absolute atomic E-state index is 5.80. The van der Waals surface area contributed by atoms with E-state index in [-0.39, 0.29) is 0 Å². The Morgan fingerprint density at radius 1 is 0.912 bits per heavy atom. The van der Waals surface area contributed by atoms with Crippen LogP contribution in [0.5, 0.6) is 11.5 Å². The van der Waals surface area contributed by atoms with E-state index in [9.17, 15) is 0 Å². The first-order valence-electron chi connectivity index (χ1n) is 11.7.